The number of nitrogens with zero attached hydrogens (tertiary/aromatic N) is 2. The number of aromatic hydroxyl groups is 1. The predicted molar refractivity (Wildman–Crippen MR) is 61.7 cm³/mol. The van der Waals surface area contributed by atoms with E-state index in [1.165, 1.54) is 0 Å². The summed E-state index contributed by atoms with van der Waals surface area (Å²) in [5.41, 5.74) is -0.401. The Hall–Kier alpha value is -1.85. The highest BCUT2D eigenvalue weighted by Crippen LogP contribution is 2.39. The minimum Gasteiger partial charge on any atom is -0.616 e. The molecular formula is C12H16N2O4. The fourth-order valence-corrected chi connectivity index (χ4v) is 2.57. The number of hydrogen-bond donors (Lipinski definition) is 2. The summed E-state index contributed by atoms with van der Waals surface area (Å²) in [4.78, 5) is 15.4. The zero-order valence-corrected chi connectivity index (χ0v) is 10.0. The third-order valence-corrected chi connectivity index (χ3v) is 3.62. The summed E-state index contributed by atoms with van der Waals surface area (Å²) in [6.07, 6.45) is 6.51. The van der Waals surface area contributed by atoms with Crippen LogP contribution in [-0.4, -0.2) is 21.2 Å². The van der Waals surface area contributed by atoms with Gasteiger partial charge in [-0.25, -0.2) is 4.98 Å². The zero-order valence-electron chi connectivity index (χ0n) is 10.0. The van der Waals surface area contributed by atoms with Crippen LogP contribution in [0.1, 0.15) is 37.8 Å². The van der Waals surface area contributed by atoms with Crippen molar-refractivity contribution < 1.29 is 19.7 Å². The van der Waals surface area contributed by atoms with E-state index >= 15 is 0 Å². The molecule has 0 unspecified atom stereocenters. The second-order valence-electron chi connectivity index (χ2n) is 4.89. The van der Waals surface area contributed by atoms with E-state index in [9.17, 15) is 15.1 Å². The Morgan fingerprint density at radius 3 is 2.67 bits per heavy atom. The van der Waals surface area contributed by atoms with Gasteiger partial charge in [0, 0.05) is 6.42 Å². The average Bonchev–Trinajstić information content (AvgIpc) is 2.35. The van der Waals surface area contributed by atoms with Crippen LogP contribution in [0.3, 0.4) is 0 Å². The van der Waals surface area contributed by atoms with Crippen LogP contribution in [0, 0.1) is 10.6 Å². The molecule has 18 heavy (non-hydrogen) atoms. The van der Waals surface area contributed by atoms with E-state index in [0.717, 1.165) is 31.7 Å². The first-order chi connectivity index (χ1) is 8.53. The lowest BCUT2D eigenvalue weighted by molar-refractivity contribution is -0.614. The maximum Gasteiger partial charge on any atom is 0.395 e. The topological polar surface area (TPSA) is 97.4 Å². The van der Waals surface area contributed by atoms with Gasteiger partial charge in [-0.1, -0.05) is 19.3 Å². The molecule has 2 rings (SSSR count). The molecule has 1 fully saturated rings. The first-order valence-corrected chi connectivity index (χ1v) is 6.04. The van der Waals surface area contributed by atoms with Gasteiger partial charge in [0.2, 0.25) is 6.20 Å². The Bertz CT molecular complexity index is 455. The SMILES string of the molecule is O=C(O)C1(Cc2c[n+]([O-])c(O)cn2)CCCCC1. The van der Waals surface area contributed by atoms with Crippen molar-refractivity contribution in [2.24, 2.45) is 5.41 Å². The summed E-state index contributed by atoms with van der Waals surface area (Å²) in [5.74, 6) is -1.30. The van der Waals surface area contributed by atoms with E-state index in [0.29, 0.717) is 23.3 Å². The summed E-state index contributed by atoms with van der Waals surface area (Å²) in [6, 6.07) is 0. The molecule has 0 saturated heterocycles. The molecule has 0 spiro atoms. The second kappa shape index (κ2) is 4.80. The van der Waals surface area contributed by atoms with E-state index in [1.807, 2.05) is 0 Å². The van der Waals surface area contributed by atoms with Gasteiger partial charge in [-0.15, -0.1) is 4.73 Å². The fourth-order valence-electron chi connectivity index (χ4n) is 2.57. The van der Waals surface area contributed by atoms with Crippen LogP contribution in [-0.2, 0) is 11.2 Å². The second-order valence-corrected chi connectivity index (χ2v) is 4.89. The van der Waals surface area contributed by atoms with Crippen molar-refractivity contribution in [3.63, 3.8) is 0 Å². The molecule has 0 atom stereocenters. The summed E-state index contributed by atoms with van der Waals surface area (Å²) in [7, 11) is 0. The van der Waals surface area contributed by atoms with Gasteiger partial charge >= 0.3 is 11.8 Å². The van der Waals surface area contributed by atoms with Crippen molar-refractivity contribution in [2.45, 2.75) is 38.5 Å². The molecule has 98 valence electrons. The lowest BCUT2D eigenvalue weighted by Gasteiger charge is -2.32. The number of rotatable bonds is 3. The first kappa shape index (κ1) is 12.6. The number of aromatic nitrogens is 2. The molecule has 1 saturated carbocycles. The van der Waals surface area contributed by atoms with Gasteiger partial charge in [0.05, 0.1) is 5.41 Å². The lowest BCUT2D eigenvalue weighted by atomic mass is 9.71. The van der Waals surface area contributed by atoms with E-state index in [1.54, 1.807) is 0 Å². The van der Waals surface area contributed by atoms with Crippen molar-refractivity contribution >= 4 is 5.97 Å². The highest BCUT2D eigenvalue weighted by atomic mass is 16.5. The maximum absolute atomic E-state index is 11.5. The molecule has 2 N–H and O–H groups in total. The molecule has 0 amide bonds. The van der Waals surface area contributed by atoms with E-state index in [-0.39, 0.29) is 6.42 Å². The number of aliphatic carboxylic acids is 1. The van der Waals surface area contributed by atoms with Gasteiger partial charge in [-0.2, -0.15) is 0 Å². The van der Waals surface area contributed by atoms with Crippen LogP contribution in [0.15, 0.2) is 12.4 Å². The number of carboxylic acid groups (broad SMARTS) is 1. The van der Waals surface area contributed by atoms with Gasteiger partial charge in [0.1, 0.15) is 11.9 Å². The van der Waals surface area contributed by atoms with Gasteiger partial charge in [-0.3, -0.25) is 4.79 Å². The number of hydrogen-bond acceptors (Lipinski definition) is 4. The van der Waals surface area contributed by atoms with E-state index in [2.05, 4.69) is 4.98 Å². The molecular weight excluding hydrogens is 236 g/mol. The van der Waals surface area contributed by atoms with Crippen molar-refractivity contribution in [3.05, 3.63) is 23.3 Å². The molecule has 0 bridgehead atoms. The van der Waals surface area contributed by atoms with Gasteiger partial charge in [-0.05, 0) is 12.8 Å². The Morgan fingerprint density at radius 2 is 2.11 bits per heavy atom. The first-order valence-electron chi connectivity index (χ1n) is 6.04. The number of carbonyl (C=O) groups is 1. The van der Waals surface area contributed by atoms with Crippen molar-refractivity contribution in [1.82, 2.24) is 4.98 Å². The van der Waals surface area contributed by atoms with Gasteiger partial charge in [0.15, 0.2) is 0 Å². The largest absolute Gasteiger partial charge is 0.616 e. The Morgan fingerprint density at radius 1 is 1.44 bits per heavy atom. The van der Waals surface area contributed by atoms with Gasteiger partial charge in [0.25, 0.3) is 0 Å². The molecule has 1 aliphatic carbocycles. The molecule has 1 aromatic heterocycles. The van der Waals surface area contributed by atoms with Crippen LogP contribution in [0.5, 0.6) is 5.88 Å². The van der Waals surface area contributed by atoms with Crippen LogP contribution >= 0.6 is 0 Å². The third kappa shape index (κ3) is 2.37. The molecule has 0 aromatic carbocycles. The Labute approximate surface area is 104 Å². The van der Waals surface area contributed by atoms with Crippen LogP contribution in [0.4, 0.5) is 0 Å². The summed E-state index contributed by atoms with van der Waals surface area (Å²) >= 11 is 0. The monoisotopic (exact) mass is 252 g/mol. The average molecular weight is 252 g/mol. The van der Waals surface area contributed by atoms with Crippen LogP contribution < -0.4 is 4.73 Å². The normalized spacial score (nSPS) is 18.4. The molecule has 1 heterocycles. The third-order valence-electron chi connectivity index (χ3n) is 3.62. The predicted octanol–water partition coefficient (Wildman–Crippen LogP) is 0.998. The molecule has 0 aliphatic heterocycles. The van der Waals surface area contributed by atoms with E-state index < -0.39 is 17.3 Å². The smallest absolute Gasteiger partial charge is 0.395 e. The fraction of sp³-hybridized carbons (Fsp3) is 0.583. The molecule has 1 aliphatic rings. The van der Waals surface area contributed by atoms with Crippen LogP contribution in [0.2, 0.25) is 0 Å². The van der Waals surface area contributed by atoms with E-state index in [4.69, 9.17) is 5.11 Å². The summed E-state index contributed by atoms with van der Waals surface area (Å²) in [5, 5.41) is 29.7. The summed E-state index contributed by atoms with van der Waals surface area (Å²) in [6.45, 7) is 0. The molecule has 6 heteroatoms. The molecule has 6 nitrogen and oxygen atoms in total. The molecule has 1 aromatic rings. The minimum atomic E-state index is -0.825. The minimum absolute atomic E-state index is 0.241. The molecule has 0 radical (unpaired) electrons. The van der Waals surface area contributed by atoms with Crippen molar-refractivity contribution in [3.8, 4) is 5.88 Å². The zero-order chi connectivity index (χ0) is 13.2. The lowest BCUT2D eigenvalue weighted by Crippen LogP contribution is -2.37. The highest BCUT2D eigenvalue weighted by molar-refractivity contribution is 5.75. The standard InChI is InChI=1S/C12H16N2O4/c15-10-7-13-9(8-14(10)18)6-12(11(16)17)4-2-1-3-5-12/h7-8,15H,1-6H2,(H,16,17). The Kier molecular flexibility index (Phi) is 3.36. The van der Waals surface area contributed by atoms with Crippen LogP contribution in [0.25, 0.3) is 0 Å². The maximum atomic E-state index is 11.5. The van der Waals surface area contributed by atoms with Gasteiger partial charge < -0.3 is 15.4 Å². The Balaban J connectivity index is 2.23. The quantitative estimate of drug-likeness (QED) is 0.617. The van der Waals surface area contributed by atoms with Crippen molar-refractivity contribution in [2.75, 3.05) is 0 Å². The van der Waals surface area contributed by atoms with Crippen molar-refractivity contribution in [1.29, 1.82) is 0 Å². The number of carboxylic acids is 1. The highest BCUT2D eigenvalue weighted by Gasteiger charge is 2.40. The summed E-state index contributed by atoms with van der Waals surface area (Å²) < 4.78 is 0.306.